The lowest BCUT2D eigenvalue weighted by molar-refractivity contribution is -0.385. The van der Waals surface area contributed by atoms with Gasteiger partial charge in [0.15, 0.2) is 0 Å². The summed E-state index contributed by atoms with van der Waals surface area (Å²) < 4.78 is 5.81. The van der Waals surface area contributed by atoms with Gasteiger partial charge in [0.2, 0.25) is 17.8 Å². The van der Waals surface area contributed by atoms with Gasteiger partial charge in [0.05, 0.1) is 28.8 Å². The van der Waals surface area contributed by atoms with Gasteiger partial charge in [0.25, 0.3) is 5.69 Å². The minimum Gasteiger partial charge on any atom is -0.378 e. The molecule has 1 aliphatic heterocycles. The first-order valence-corrected chi connectivity index (χ1v) is 11.4. The highest BCUT2D eigenvalue weighted by Crippen LogP contribution is 2.25. The van der Waals surface area contributed by atoms with E-state index in [0.717, 1.165) is 11.3 Å². The Labute approximate surface area is 208 Å². The van der Waals surface area contributed by atoms with E-state index in [9.17, 15) is 10.1 Å². The number of hydrogen-bond acceptors (Lipinski definition) is 10. The van der Waals surface area contributed by atoms with E-state index in [-0.39, 0.29) is 11.6 Å². The molecule has 0 amide bonds. The number of nitrogens with zero attached hydrogens (tertiary/aromatic N) is 6. The first-order chi connectivity index (χ1) is 16.4. The molecule has 0 saturated carbocycles. The number of aryl methyl sites for hydroxylation is 1. The van der Waals surface area contributed by atoms with Gasteiger partial charge in [-0.15, -0.1) is 0 Å². The van der Waals surface area contributed by atoms with Crippen molar-refractivity contribution in [2.24, 2.45) is 5.10 Å². The van der Waals surface area contributed by atoms with Crippen LogP contribution in [0.1, 0.15) is 11.1 Å². The minimum atomic E-state index is -0.468. The molecule has 3 aromatic rings. The molecule has 4 rings (SSSR count). The van der Waals surface area contributed by atoms with Gasteiger partial charge in [-0.2, -0.15) is 20.1 Å². The lowest BCUT2D eigenvalue weighted by Crippen LogP contribution is -2.37. The normalized spacial score (nSPS) is 13.8. The van der Waals surface area contributed by atoms with Gasteiger partial charge in [0, 0.05) is 35.4 Å². The third kappa shape index (κ3) is 5.95. The maximum Gasteiger partial charge on any atom is 0.284 e. The zero-order valence-electron chi connectivity index (χ0n) is 18.0. The zero-order chi connectivity index (χ0) is 24.1. The molecule has 176 valence electrons. The van der Waals surface area contributed by atoms with Crippen LogP contribution in [-0.2, 0) is 4.74 Å². The summed E-state index contributed by atoms with van der Waals surface area (Å²) in [5, 5.41) is 19.1. The van der Waals surface area contributed by atoms with Crippen molar-refractivity contribution in [1.82, 2.24) is 15.0 Å². The Kier molecular flexibility index (Phi) is 7.50. The monoisotopic (exact) mass is 546 g/mol. The Balaban J connectivity index is 1.58. The average Bonchev–Trinajstić information content (AvgIpc) is 2.83. The first kappa shape index (κ1) is 23.8. The number of nitrogens with one attached hydrogen (secondary N) is 2. The molecular weight excluding hydrogens is 528 g/mol. The van der Waals surface area contributed by atoms with Crippen LogP contribution in [0.15, 0.2) is 46.0 Å². The van der Waals surface area contributed by atoms with Crippen LogP contribution in [0.2, 0.25) is 5.02 Å². The summed E-state index contributed by atoms with van der Waals surface area (Å²) in [6, 6.07) is 10.3. The first-order valence-electron chi connectivity index (χ1n) is 10.2. The molecule has 34 heavy (non-hydrogen) atoms. The highest BCUT2D eigenvalue weighted by atomic mass is 79.9. The highest BCUT2D eigenvalue weighted by molar-refractivity contribution is 9.10. The number of aromatic nitrogens is 3. The van der Waals surface area contributed by atoms with Crippen LogP contribution in [0, 0.1) is 17.0 Å². The lowest BCUT2D eigenvalue weighted by atomic mass is 10.2. The third-order valence-corrected chi connectivity index (χ3v) is 5.97. The molecule has 0 unspecified atom stereocenters. The van der Waals surface area contributed by atoms with E-state index >= 15 is 0 Å². The summed E-state index contributed by atoms with van der Waals surface area (Å²) >= 11 is 9.41. The Morgan fingerprint density at radius 1 is 1.18 bits per heavy atom. The van der Waals surface area contributed by atoms with Crippen LogP contribution in [0.3, 0.4) is 0 Å². The van der Waals surface area contributed by atoms with Crippen molar-refractivity contribution in [3.8, 4) is 0 Å². The molecule has 0 atom stereocenters. The number of nitro benzene ring substituents is 1. The maximum atomic E-state index is 11.1. The molecule has 1 aromatic heterocycles. The predicted molar refractivity (Wildman–Crippen MR) is 134 cm³/mol. The molecule has 2 aromatic carbocycles. The molecule has 1 aliphatic rings. The fourth-order valence-corrected chi connectivity index (χ4v) is 3.66. The van der Waals surface area contributed by atoms with Crippen molar-refractivity contribution in [3.63, 3.8) is 0 Å². The molecule has 2 N–H and O–H groups in total. The van der Waals surface area contributed by atoms with Crippen LogP contribution >= 0.6 is 27.5 Å². The topological polar surface area (TPSA) is 131 Å². The molecule has 1 saturated heterocycles. The average molecular weight is 548 g/mol. The number of halogens is 2. The van der Waals surface area contributed by atoms with E-state index in [0.29, 0.717) is 53.3 Å². The number of ether oxygens (including phenoxy) is 1. The molecular formula is C21H20BrClN8O3. The van der Waals surface area contributed by atoms with Gasteiger partial charge in [0.1, 0.15) is 0 Å². The second-order valence-corrected chi connectivity index (χ2v) is 8.57. The van der Waals surface area contributed by atoms with Crippen molar-refractivity contribution in [2.75, 3.05) is 41.9 Å². The summed E-state index contributed by atoms with van der Waals surface area (Å²) in [5.74, 6) is 0.990. The van der Waals surface area contributed by atoms with E-state index in [1.54, 1.807) is 18.2 Å². The van der Waals surface area contributed by atoms with Crippen molar-refractivity contribution >= 4 is 63.0 Å². The highest BCUT2D eigenvalue weighted by Gasteiger charge is 2.17. The summed E-state index contributed by atoms with van der Waals surface area (Å²) in [7, 11) is 0. The Morgan fingerprint density at radius 2 is 1.94 bits per heavy atom. The van der Waals surface area contributed by atoms with Gasteiger partial charge >= 0.3 is 0 Å². The predicted octanol–water partition coefficient (Wildman–Crippen LogP) is 4.53. The Bertz CT molecular complexity index is 1240. The van der Waals surface area contributed by atoms with Gasteiger partial charge in [-0.25, -0.2) is 5.43 Å². The molecule has 13 heteroatoms. The van der Waals surface area contributed by atoms with Gasteiger partial charge < -0.3 is 15.0 Å². The van der Waals surface area contributed by atoms with Gasteiger partial charge in [-0.1, -0.05) is 23.7 Å². The Hall–Kier alpha value is -3.35. The van der Waals surface area contributed by atoms with E-state index in [2.05, 4.69) is 46.7 Å². The van der Waals surface area contributed by atoms with Gasteiger partial charge in [-0.05, 0) is 46.6 Å². The molecule has 0 bridgehead atoms. The van der Waals surface area contributed by atoms with E-state index in [1.807, 2.05) is 24.0 Å². The molecule has 2 heterocycles. The maximum absolute atomic E-state index is 11.1. The number of nitro groups is 1. The third-order valence-electron chi connectivity index (χ3n) is 4.89. The number of anilines is 4. The van der Waals surface area contributed by atoms with Crippen molar-refractivity contribution in [3.05, 3.63) is 67.1 Å². The number of hydrazone groups is 1. The SMILES string of the molecule is Cc1ccc(Nc2nc(N/N=C\c3ccc(Br)c([N+](=O)[O-])c3)nc(N3CCOCC3)n2)cc1Cl. The van der Waals surface area contributed by atoms with Crippen molar-refractivity contribution in [1.29, 1.82) is 0 Å². The van der Waals surface area contributed by atoms with E-state index < -0.39 is 4.92 Å². The van der Waals surface area contributed by atoms with E-state index in [1.165, 1.54) is 12.3 Å². The van der Waals surface area contributed by atoms with Crippen LogP contribution in [0.5, 0.6) is 0 Å². The zero-order valence-corrected chi connectivity index (χ0v) is 20.4. The van der Waals surface area contributed by atoms with Crippen LogP contribution in [0.4, 0.5) is 29.2 Å². The van der Waals surface area contributed by atoms with Crippen LogP contribution in [-0.4, -0.2) is 52.4 Å². The number of hydrogen-bond donors (Lipinski definition) is 2. The molecule has 11 nitrogen and oxygen atoms in total. The summed E-state index contributed by atoms with van der Waals surface area (Å²) in [6.45, 7) is 4.36. The molecule has 0 aliphatic carbocycles. The Morgan fingerprint density at radius 3 is 2.68 bits per heavy atom. The number of rotatable bonds is 7. The fraction of sp³-hybridized carbons (Fsp3) is 0.238. The summed E-state index contributed by atoms with van der Waals surface area (Å²) in [4.78, 5) is 26.1. The van der Waals surface area contributed by atoms with E-state index in [4.69, 9.17) is 16.3 Å². The minimum absolute atomic E-state index is 0.0537. The second kappa shape index (κ2) is 10.7. The molecule has 0 radical (unpaired) electrons. The van der Waals surface area contributed by atoms with Crippen molar-refractivity contribution < 1.29 is 9.66 Å². The number of morpholine rings is 1. The quantitative estimate of drug-likeness (QED) is 0.249. The van der Waals surface area contributed by atoms with Gasteiger partial charge in [-0.3, -0.25) is 10.1 Å². The second-order valence-electron chi connectivity index (χ2n) is 7.31. The largest absolute Gasteiger partial charge is 0.378 e. The summed E-state index contributed by atoms with van der Waals surface area (Å²) in [5.41, 5.74) is 4.96. The molecule has 0 spiro atoms. The summed E-state index contributed by atoms with van der Waals surface area (Å²) in [6.07, 6.45) is 1.45. The standard InChI is InChI=1S/C21H20BrClN8O3/c1-13-2-4-15(11-17(13)23)25-19-26-20(28-21(27-19)30-6-8-34-9-7-30)29-24-12-14-3-5-16(22)18(10-14)31(32)33/h2-5,10-12H,6-9H2,1H3,(H2,25,26,27,28,29)/b24-12-. The van der Waals surface area contributed by atoms with Crippen LogP contribution in [0.25, 0.3) is 0 Å². The lowest BCUT2D eigenvalue weighted by Gasteiger charge is -2.27. The number of benzene rings is 2. The van der Waals surface area contributed by atoms with Crippen LogP contribution < -0.4 is 15.6 Å². The smallest absolute Gasteiger partial charge is 0.284 e. The molecule has 1 fully saturated rings. The fourth-order valence-electron chi connectivity index (χ4n) is 3.09. The van der Waals surface area contributed by atoms with Crippen molar-refractivity contribution in [2.45, 2.75) is 6.92 Å².